The molecule has 5 nitrogen and oxygen atoms in total. The highest BCUT2D eigenvalue weighted by atomic mass is 16.3. The molecule has 2 aromatic rings. The van der Waals surface area contributed by atoms with E-state index in [2.05, 4.69) is 0 Å². The maximum Gasteiger partial charge on any atom is 0.321 e. The lowest BCUT2D eigenvalue weighted by atomic mass is 10.1. The first-order chi connectivity index (χ1) is 11.7. The number of carbonyl (C=O) groups is 1. The van der Waals surface area contributed by atoms with Gasteiger partial charge in [-0.1, -0.05) is 60.7 Å². The van der Waals surface area contributed by atoms with E-state index in [0.29, 0.717) is 13.1 Å². The second kappa shape index (κ2) is 7.47. The molecule has 2 N–H and O–H groups in total. The molecule has 0 aromatic heterocycles. The molecular weight excluding hydrogens is 304 g/mol. The zero-order valence-electron chi connectivity index (χ0n) is 13.5. The molecule has 1 saturated heterocycles. The standard InChI is InChI=1S/C19H22N2O3/c22-13-17-18(14-23)21(12-16-9-5-2-6-10-16)19(24)20(17)11-15-7-3-1-4-8-15/h1-10,17-18,22-23H,11-14H2. The number of aliphatic hydroxyl groups is 2. The Bertz CT molecular complexity index is 605. The number of carbonyl (C=O) groups excluding carboxylic acids is 1. The van der Waals surface area contributed by atoms with Gasteiger partial charge in [0.25, 0.3) is 0 Å². The molecule has 1 aliphatic rings. The van der Waals surface area contributed by atoms with E-state index in [9.17, 15) is 15.0 Å². The fourth-order valence-corrected chi connectivity index (χ4v) is 3.23. The molecule has 2 unspecified atom stereocenters. The van der Waals surface area contributed by atoms with Crippen molar-refractivity contribution in [3.05, 3.63) is 71.8 Å². The van der Waals surface area contributed by atoms with E-state index in [1.54, 1.807) is 9.80 Å². The summed E-state index contributed by atoms with van der Waals surface area (Å²) in [6, 6.07) is 18.4. The largest absolute Gasteiger partial charge is 0.394 e. The number of hydrogen-bond acceptors (Lipinski definition) is 3. The number of nitrogens with zero attached hydrogens (tertiary/aromatic N) is 2. The molecule has 2 aromatic carbocycles. The van der Waals surface area contributed by atoms with E-state index in [4.69, 9.17) is 0 Å². The van der Waals surface area contributed by atoms with Crippen LogP contribution in [0.25, 0.3) is 0 Å². The monoisotopic (exact) mass is 326 g/mol. The van der Waals surface area contributed by atoms with Crippen LogP contribution in [0.1, 0.15) is 11.1 Å². The summed E-state index contributed by atoms with van der Waals surface area (Å²) < 4.78 is 0. The van der Waals surface area contributed by atoms with Crippen LogP contribution in [0.5, 0.6) is 0 Å². The van der Waals surface area contributed by atoms with Gasteiger partial charge in [-0.05, 0) is 11.1 Å². The minimum absolute atomic E-state index is 0.152. The van der Waals surface area contributed by atoms with Gasteiger partial charge in [0.05, 0.1) is 25.3 Å². The Morgan fingerprint density at radius 2 is 1.08 bits per heavy atom. The Labute approximate surface area is 141 Å². The second-order valence-corrected chi connectivity index (χ2v) is 6.01. The molecule has 1 fully saturated rings. The molecule has 2 atom stereocenters. The first-order valence-electron chi connectivity index (χ1n) is 8.11. The van der Waals surface area contributed by atoms with Crippen molar-refractivity contribution in [1.82, 2.24) is 9.80 Å². The summed E-state index contributed by atoms with van der Waals surface area (Å²) in [6.45, 7) is 0.504. The van der Waals surface area contributed by atoms with Gasteiger partial charge in [0.15, 0.2) is 0 Å². The summed E-state index contributed by atoms with van der Waals surface area (Å²) in [5.41, 5.74) is 2.00. The first-order valence-corrected chi connectivity index (χ1v) is 8.11. The molecule has 0 saturated carbocycles. The van der Waals surface area contributed by atoms with Crippen molar-refractivity contribution in [1.29, 1.82) is 0 Å². The molecule has 0 spiro atoms. The highest BCUT2D eigenvalue weighted by molar-refractivity contribution is 5.78. The molecule has 1 heterocycles. The Kier molecular flexibility index (Phi) is 5.13. The minimum Gasteiger partial charge on any atom is -0.394 e. The number of amides is 2. The van der Waals surface area contributed by atoms with Crippen molar-refractivity contribution in [2.24, 2.45) is 0 Å². The predicted molar refractivity (Wildman–Crippen MR) is 91.1 cm³/mol. The van der Waals surface area contributed by atoms with Crippen LogP contribution in [0.15, 0.2) is 60.7 Å². The van der Waals surface area contributed by atoms with E-state index in [0.717, 1.165) is 11.1 Å². The summed E-state index contributed by atoms with van der Waals surface area (Å²) in [6.07, 6.45) is 0. The molecule has 0 aliphatic carbocycles. The van der Waals surface area contributed by atoms with Crippen molar-refractivity contribution in [2.45, 2.75) is 25.2 Å². The molecule has 126 valence electrons. The molecule has 1 aliphatic heterocycles. The second-order valence-electron chi connectivity index (χ2n) is 6.01. The van der Waals surface area contributed by atoms with Crippen molar-refractivity contribution < 1.29 is 15.0 Å². The van der Waals surface area contributed by atoms with E-state index >= 15 is 0 Å². The average molecular weight is 326 g/mol. The van der Waals surface area contributed by atoms with Gasteiger partial charge in [-0.2, -0.15) is 0 Å². The average Bonchev–Trinajstić information content (AvgIpc) is 2.88. The summed E-state index contributed by atoms with van der Waals surface area (Å²) >= 11 is 0. The number of rotatable bonds is 6. The molecule has 0 radical (unpaired) electrons. The Morgan fingerprint density at radius 3 is 1.42 bits per heavy atom. The fraction of sp³-hybridized carbons (Fsp3) is 0.316. The zero-order valence-corrected chi connectivity index (χ0v) is 13.5. The van der Waals surface area contributed by atoms with Crippen LogP contribution in [-0.2, 0) is 13.1 Å². The first kappa shape index (κ1) is 16.5. The van der Waals surface area contributed by atoms with Crippen LogP contribution < -0.4 is 0 Å². The van der Waals surface area contributed by atoms with Crippen LogP contribution in [0.4, 0.5) is 4.79 Å². The van der Waals surface area contributed by atoms with Gasteiger partial charge >= 0.3 is 6.03 Å². The third kappa shape index (κ3) is 3.27. The van der Waals surface area contributed by atoms with E-state index in [1.807, 2.05) is 60.7 Å². The normalized spacial score (nSPS) is 20.7. The van der Waals surface area contributed by atoms with Gasteiger partial charge in [-0.3, -0.25) is 0 Å². The van der Waals surface area contributed by atoms with Crippen LogP contribution in [0, 0.1) is 0 Å². The minimum atomic E-state index is -0.411. The Balaban J connectivity index is 1.83. The maximum atomic E-state index is 12.9. The molecule has 5 heteroatoms. The van der Waals surface area contributed by atoms with Gasteiger partial charge in [-0.25, -0.2) is 4.79 Å². The molecule has 3 rings (SSSR count). The SMILES string of the molecule is O=C1N(Cc2ccccc2)C(CO)C(CO)N1Cc1ccccc1. The number of urea groups is 1. The summed E-state index contributed by atoms with van der Waals surface area (Å²) in [4.78, 5) is 16.2. The van der Waals surface area contributed by atoms with E-state index < -0.39 is 12.1 Å². The van der Waals surface area contributed by atoms with Gasteiger partial charge in [-0.15, -0.1) is 0 Å². The topological polar surface area (TPSA) is 64.0 Å². The van der Waals surface area contributed by atoms with Crippen LogP contribution in [0.3, 0.4) is 0 Å². The molecule has 24 heavy (non-hydrogen) atoms. The van der Waals surface area contributed by atoms with Crippen LogP contribution in [-0.4, -0.2) is 51.3 Å². The van der Waals surface area contributed by atoms with Crippen molar-refractivity contribution in [3.8, 4) is 0 Å². The summed E-state index contributed by atoms with van der Waals surface area (Å²) in [7, 11) is 0. The van der Waals surface area contributed by atoms with Gasteiger partial charge < -0.3 is 20.0 Å². The lowest BCUT2D eigenvalue weighted by molar-refractivity contribution is 0.113. The van der Waals surface area contributed by atoms with Gasteiger partial charge in [0.1, 0.15) is 0 Å². The smallest absolute Gasteiger partial charge is 0.321 e. The Morgan fingerprint density at radius 1 is 0.708 bits per heavy atom. The third-order valence-corrected chi connectivity index (χ3v) is 4.50. The molecular formula is C19H22N2O3. The lowest BCUT2D eigenvalue weighted by Crippen LogP contribution is -2.42. The maximum absolute atomic E-state index is 12.9. The molecule has 2 amide bonds. The summed E-state index contributed by atoms with van der Waals surface area (Å²) in [5.74, 6) is 0. The number of benzene rings is 2. The predicted octanol–water partition coefficient (Wildman–Crippen LogP) is 1.85. The summed E-state index contributed by atoms with van der Waals surface area (Å²) in [5, 5.41) is 19.6. The lowest BCUT2D eigenvalue weighted by Gasteiger charge is -2.25. The van der Waals surface area contributed by atoms with Crippen LogP contribution in [0.2, 0.25) is 0 Å². The van der Waals surface area contributed by atoms with Crippen LogP contribution >= 0.6 is 0 Å². The van der Waals surface area contributed by atoms with Crippen molar-refractivity contribution in [3.63, 3.8) is 0 Å². The number of hydrogen-bond donors (Lipinski definition) is 2. The fourth-order valence-electron chi connectivity index (χ4n) is 3.23. The number of aliphatic hydroxyl groups excluding tert-OH is 2. The third-order valence-electron chi connectivity index (χ3n) is 4.50. The van der Waals surface area contributed by atoms with Gasteiger partial charge in [0, 0.05) is 13.1 Å². The van der Waals surface area contributed by atoms with E-state index in [1.165, 1.54) is 0 Å². The molecule has 0 bridgehead atoms. The highest BCUT2D eigenvalue weighted by Gasteiger charge is 2.44. The Hall–Kier alpha value is -2.37. The van der Waals surface area contributed by atoms with Gasteiger partial charge in [0.2, 0.25) is 0 Å². The quantitative estimate of drug-likeness (QED) is 0.851. The zero-order chi connectivity index (χ0) is 16.9. The van der Waals surface area contributed by atoms with Crippen molar-refractivity contribution in [2.75, 3.05) is 13.2 Å². The highest BCUT2D eigenvalue weighted by Crippen LogP contribution is 2.26. The van der Waals surface area contributed by atoms with Crippen molar-refractivity contribution >= 4 is 6.03 Å². The van der Waals surface area contributed by atoms with E-state index in [-0.39, 0.29) is 19.2 Å².